The van der Waals surface area contributed by atoms with Crippen LogP contribution in [0.3, 0.4) is 0 Å². The highest BCUT2D eigenvalue weighted by atomic mass is 32.2. The van der Waals surface area contributed by atoms with Crippen molar-refractivity contribution in [1.29, 1.82) is 0 Å². The van der Waals surface area contributed by atoms with E-state index in [1.807, 2.05) is 48.9 Å². The highest BCUT2D eigenvalue weighted by molar-refractivity contribution is 7.98. The topological polar surface area (TPSA) is 79.3 Å². The molecule has 1 atom stereocenters. The van der Waals surface area contributed by atoms with Crippen molar-refractivity contribution in [3.63, 3.8) is 0 Å². The van der Waals surface area contributed by atoms with E-state index in [2.05, 4.69) is 15.6 Å². The normalized spacial score (nSPS) is 14.5. The number of benzene rings is 1. The maximum Gasteiger partial charge on any atom is 0.324 e. The molecule has 3 rings (SSSR count). The quantitative estimate of drug-likeness (QED) is 0.811. The molecular weight excluding hydrogens is 350 g/mol. The van der Waals surface area contributed by atoms with Gasteiger partial charge in [0.1, 0.15) is 6.04 Å². The molecule has 0 fully saturated rings. The van der Waals surface area contributed by atoms with Crippen molar-refractivity contribution in [2.75, 3.05) is 23.5 Å². The van der Waals surface area contributed by atoms with Crippen molar-refractivity contribution in [2.24, 2.45) is 0 Å². The van der Waals surface area contributed by atoms with Gasteiger partial charge in [0.2, 0.25) is 11.9 Å². The molecular formula is C18H25N5O2S. The number of imidazole rings is 1. The van der Waals surface area contributed by atoms with Crippen LogP contribution >= 0.6 is 11.8 Å². The third-order valence-electron chi connectivity index (χ3n) is 4.32. The van der Waals surface area contributed by atoms with E-state index in [1.54, 1.807) is 16.7 Å². The van der Waals surface area contributed by atoms with Crippen LogP contribution in [-0.2, 0) is 11.3 Å². The van der Waals surface area contributed by atoms with Gasteiger partial charge in [-0.25, -0.2) is 9.78 Å². The van der Waals surface area contributed by atoms with Crippen LogP contribution in [0.15, 0.2) is 24.3 Å². The van der Waals surface area contributed by atoms with E-state index >= 15 is 0 Å². The van der Waals surface area contributed by atoms with Gasteiger partial charge in [-0.2, -0.15) is 11.8 Å². The van der Waals surface area contributed by atoms with Gasteiger partial charge in [-0.05, 0) is 44.4 Å². The number of hydrogen-bond acceptors (Lipinski definition) is 4. The Hall–Kier alpha value is -2.22. The highest BCUT2D eigenvalue weighted by Crippen LogP contribution is 2.27. The van der Waals surface area contributed by atoms with Crippen molar-refractivity contribution in [2.45, 2.75) is 38.9 Å². The van der Waals surface area contributed by atoms with Crippen LogP contribution in [0, 0.1) is 0 Å². The molecule has 0 radical (unpaired) electrons. The van der Waals surface area contributed by atoms with Gasteiger partial charge in [-0.15, -0.1) is 0 Å². The number of thioether (sulfide) groups is 1. The number of para-hydroxylation sites is 2. The van der Waals surface area contributed by atoms with Gasteiger partial charge in [-0.3, -0.25) is 9.69 Å². The molecule has 140 valence electrons. The Morgan fingerprint density at radius 3 is 2.73 bits per heavy atom. The molecule has 2 heterocycles. The van der Waals surface area contributed by atoms with Gasteiger partial charge >= 0.3 is 6.03 Å². The minimum Gasteiger partial charge on any atom is -0.352 e. The first kappa shape index (κ1) is 18.6. The van der Waals surface area contributed by atoms with Crippen LogP contribution < -0.4 is 15.5 Å². The molecule has 8 heteroatoms. The fraction of sp³-hybridized carbons (Fsp3) is 0.500. The van der Waals surface area contributed by atoms with Crippen molar-refractivity contribution in [1.82, 2.24) is 20.2 Å². The lowest BCUT2D eigenvalue weighted by molar-refractivity contribution is -0.123. The monoisotopic (exact) mass is 375 g/mol. The van der Waals surface area contributed by atoms with E-state index in [0.29, 0.717) is 25.5 Å². The minimum atomic E-state index is -0.546. The first-order valence-corrected chi connectivity index (χ1v) is 10.2. The summed E-state index contributed by atoms with van der Waals surface area (Å²) in [5.41, 5.74) is 1.89. The fourth-order valence-corrected chi connectivity index (χ4v) is 3.57. The summed E-state index contributed by atoms with van der Waals surface area (Å²) < 4.78 is 2.04. The summed E-state index contributed by atoms with van der Waals surface area (Å²) in [6.07, 6.45) is 2.58. The standard InChI is InChI=1S/C18H25N5O2S/c1-12(2)19-16(24)14(8-11-26-3)21-18(25)23-10-9-22-15-7-5-4-6-13(15)20-17(22)23/h4-7,12,14H,8-11H2,1-3H3,(H,19,24)(H,21,25). The SMILES string of the molecule is CSCCC(NC(=O)N1CCn2c1nc1ccccc12)C(=O)NC(C)C. The van der Waals surface area contributed by atoms with E-state index in [-0.39, 0.29) is 18.0 Å². The Morgan fingerprint density at radius 1 is 1.23 bits per heavy atom. The number of carbonyl (C=O) groups is 2. The lowest BCUT2D eigenvalue weighted by Crippen LogP contribution is -2.52. The summed E-state index contributed by atoms with van der Waals surface area (Å²) in [6.45, 7) is 5.08. The van der Waals surface area contributed by atoms with Crippen molar-refractivity contribution < 1.29 is 9.59 Å². The molecule has 0 aliphatic carbocycles. The second-order valence-corrected chi connectivity index (χ2v) is 7.64. The number of carbonyl (C=O) groups excluding carboxylic acids is 2. The molecule has 0 saturated heterocycles. The largest absolute Gasteiger partial charge is 0.352 e. The van der Waals surface area contributed by atoms with E-state index in [0.717, 1.165) is 16.8 Å². The molecule has 26 heavy (non-hydrogen) atoms. The van der Waals surface area contributed by atoms with E-state index < -0.39 is 6.04 Å². The summed E-state index contributed by atoms with van der Waals surface area (Å²) in [5.74, 6) is 1.29. The first-order chi connectivity index (χ1) is 12.5. The Morgan fingerprint density at radius 2 is 2.00 bits per heavy atom. The third-order valence-corrected chi connectivity index (χ3v) is 4.97. The maximum atomic E-state index is 12.8. The highest BCUT2D eigenvalue weighted by Gasteiger charge is 2.31. The van der Waals surface area contributed by atoms with Gasteiger partial charge in [0.05, 0.1) is 11.0 Å². The molecule has 7 nitrogen and oxygen atoms in total. The van der Waals surface area contributed by atoms with Crippen LogP contribution in [0.2, 0.25) is 0 Å². The van der Waals surface area contributed by atoms with Gasteiger partial charge in [-0.1, -0.05) is 12.1 Å². The molecule has 3 amide bonds. The molecule has 2 aromatic rings. The molecule has 1 aromatic carbocycles. The minimum absolute atomic E-state index is 0.0344. The number of nitrogens with one attached hydrogen (secondary N) is 2. The summed E-state index contributed by atoms with van der Waals surface area (Å²) in [4.78, 5) is 31.4. The smallest absolute Gasteiger partial charge is 0.324 e. The molecule has 2 N–H and O–H groups in total. The van der Waals surface area contributed by atoms with E-state index in [4.69, 9.17) is 0 Å². The van der Waals surface area contributed by atoms with Crippen LogP contribution in [0.5, 0.6) is 0 Å². The number of nitrogens with zero attached hydrogens (tertiary/aromatic N) is 3. The van der Waals surface area contributed by atoms with Gasteiger partial charge in [0, 0.05) is 19.1 Å². The Labute approximate surface area is 157 Å². The van der Waals surface area contributed by atoms with Crippen LogP contribution in [0.4, 0.5) is 10.7 Å². The number of amides is 3. The number of hydrogen-bond donors (Lipinski definition) is 2. The van der Waals surface area contributed by atoms with Gasteiger partial charge in [0.25, 0.3) is 0 Å². The summed E-state index contributed by atoms with van der Waals surface area (Å²) in [6, 6.07) is 7.06. The lowest BCUT2D eigenvalue weighted by Gasteiger charge is -2.22. The summed E-state index contributed by atoms with van der Waals surface area (Å²) in [5, 5.41) is 5.78. The van der Waals surface area contributed by atoms with Crippen LogP contribution in [0.1, 0.15) is 20.3 Å². The summed E-state index contributed by atoms with van der Waals surface area (Å²) >= 11 is 1.66. The number of fused-ring (bicyclic) bond motifs is 3. The fourth-order valence-electron chi connectivity index (χ4n) is 3.10. The van der Waals surface area contributed by atoms with Crippen LogP contribution in [0.25, 0.3) is 11.0 Å². The van der Waals surface area contributed by atoms with E-state index in [9.17, 15) is 9.59 Å². The molecule has 0 bridgehead atoms. The zero-order chi connectivity index (χ0) is 18.7. The first-order valence-electron chi connectivity index (χ1n) is 8.84. The maximum absolute atomic E-state index is 12.8. The molecule has 1 aliphatic rings. The number of rotatable bonds is 6. The predicted octanol–water partition coefficient (Wildman–Crippen LogP) is 2.21. The number of anilines is 1. The lowest BCUT2D eigenvalue weighted by atomic mass is 10.2. The molecule has 0 saturated carbocycles. The van der Waals surface area contributed by atoms with Crippen LogP contribution in [-0.4, -0.2) is 52.1 Å². The Balaban J connectivity index is 1.75. The average molecular weight is 375 g/mol. The van der Waals surface area contributed by atoms with Gasteiger partial charge < -0.3 is 15.2 Å². The molecule has 1 unspecified atom stereocenters. The second-order valence-electron chi connectivity index (χ2n) is 6.65. The zero-order valence-electron chi connectivity index (χ0n) is 15.4. The Kier molecular flexibility index (Phi) is 5.70. The zero-order valence-corrected chi connectivity index (χ0v) is 16.2. The average Bonchev–Trinajstić information content (AvgIpc) is 3.16. The molecule has 0 spiro atoms. The van der Waals surface area contributed by atoms with Crippen molar-refractivity contribution in [3.8, 4) is 0 Å². The van der Waals surface area contributed by atoms with Gasteiger partial charge in [0.15, 0.2) is 0 Å². The second kappa shape index (κ2) is 7.99. The predicted molar refractivity (Wildman–Crippen MR) is 106 cm³/mol. The molecule has 1 aromatic heterocycles. The summed E-state index contributed by atoms with van der Waals surface area (Å²) in [7, 11) is 0. The number of urea groups is 1. The van der Waals surface area contributed by atoms with E-state index in [1.165, 1.54) is 0 Å². The third kappa shape index (κ3) is 3.80. The van der Waals surface area contributed by atoms with Crippen molar-refractivity contribution >= 4 is 40.7 Å². The number of aromatic nitrogens is 2. The van der Waals surface area contributed by atoms with Crippen molar-refractivity contribution in [3.05, 3.63) is 24.3 Å². The molecule has 1 aliphatic heterocycles. The Bertz CT molecular complexity index is 804.